The Balaban J connectivity index is 2.46. The molecule has 0 fully saturated rings. The van der Waals surface area contributed by atoms with Crippen LogP contribution < -0.4 is 4.74 Å². The van der Waals surface area contributed by atoms with Crippen LogP contribution in [0, 0.1) is 15.0 Å². The van der Waals surface area contributed by atoms with Crippen molar-refractivity contribution in [3.05, 3.63) is 44.4 Å². The van der Waals surface area contributed by atoms with E-state index >= 15 is 0 Å². The van der Waals surface area contributed by atoms with E-state index in [0.29, 0.717) is 0 Å². The van der Waals surface area contributed by atoms with Crippen LogP contribution in [0.4, 0.5) is 32.6 Å². The Morgan fingerprint density at radius 1 is 1.15 bits per heavy atom. The van der Waals surface area contributed by atoms with E-state index in [1.165, 1.54) is 0 Å². The Kier molecular flexibility index (Phi) is 6.29. The molecular formula is C14H11F8N2O9S+. The number of carbonyl (C=O) groups is 1. The zero-order valence-corrected chi connectivity index (χ0v) is 16.7. The van der Waals surface area contributed by atoms with Crippen molar-refractivity contribution < 1.29 is 71.9 Å². The molecule has 0 amide bonds. The number of hydrogen-bond donors (Lipinski definition) is 1. The van der Waals surface area contributed by atoms with Gasteiger partial charge in [0.2, 0.25) is 12.7 Å². The molecule has 2 atom stereocenters. The predicted molar refractivity (Wildman–Crippen MR) is 90.5 cm³/mol. The Labute approximate surface area is 181 Å². The number of nitrogens with zero attached hydrogens (tertiary/aromatic N) is 2. The van der Waals surface area contributed by atoms with E-state index < -0.39 is 79.7 Å². The number of rotatable bonds is 9. The summed E-state index contributed by atoms with van der Waals surface area (Å²) in [7, 11) is -10.3. The van der Waals surface area contributed by atoms with Crippen molar-refractivity contribution in [2.45, 2.75) is 23.3 Å². The quantitative estimate of drug-likeness (QED) is 0.213. The van der Waals surface area contributed by atoms with Gasteiger partial charge in [-0.3, -0.25) is 0 Å². The smallest absolute Gasteiger partial charge is 0.475 e. The zero-order chi connectivity index (χ0) is 26.2. The van der Waals surface area contributed by atoms with Gasteiger partial charge in [-0.05, 0) is 24.3 Å². The molecule has 1 aromatic rings. The maximum absolute atomic E-state index is 13.4. The van der Waals surface area contributed by atoms with Crippen LogP contribution in [-0.2, 0) is 19.2 Å². The molecule has 2 rings (SSSR count). The fraction of sp³-hybridized carbons (Fsp3) is 0.357. The van der Waals surface area contributed by atoms with E-state index in [0.717, 1.165) is 0 Å². The first-order valence-corrected chi connectivity index (χ1v) is 10.2. The molecule has 192 valence electrons. The summed E-state index contributed by atoms with van der Waals surface area (Å²) in [5, 5.41) is 16.0. The molecule has 20 heteroatoms. The van der Waals surface area contributed by atoms with Crippen molar-refractivity contribution in [1.82, 2.24) is 0 Å². The highest BCUT2D eigenvalue weighted by atomic mass is 32.5. The minimum absolute atomic E-state index is 0.143. The van der Waals surface area contributed by atoms with Crippen molar-refractivity contribution in [2.75, 3.05) is 13.2 Å². The highest BCUT2D eigenvalue weighted by Gasteiger charge is 2.65. The molecule has 1 heterocycles. The summed E-state index contributed by atoms with van der Waals surface area (Å²) in [5.74, 6) is -2.93. The average Bonchev–Trinajstić information content (AvgIpc) is 2.65. The highest BCUT2D eigenvalue weighted by Crippen LogP contribution is 3.02. The molecule has 0 spiro atoms. The standard InChI is InChI=1S/C14H11F8N2O9S/c15-14(16,17)12-10(13(25)32-8(5-30-23(26)27)6-31-24(28)29)4-7-3-9(1-2-11(7)33-12)34(18,19,20,21)22/h1-4,8,12H,5-6H2,(H,26,27)/q+1/t8?,12-/m0/s1. The molecule has 0 saturated carbocycles. The van der Waals surface area contributed by atoms with E-state index in [1.54, 1.807) is 0 Å². The van der Waals surface area contributed by atoms with Crippen molar-refractivity contribution in [3.63, 3.8) is 0 Å². The number of esters is 1. The first kappa shape index (κ1) is 26.7. The normalized spacial score (nSPS) is 18.7. The van der Waals surface area contributed by atoms with Gasteiger partial charge < -0.3 is 14.3 Å². The fourth-order valence-corrected chi connectivity index (χ4v) is 3.13. The third-order valence-electron chi connectivity index (χ3n) is 3.81. The fourth-order valence-electron chi connectivity index (χ4n) is 2.46. The SMILES string of the molecule is O=C(OC(CO[N+](=O)[O-])CO[N+](=O)O)C1=Cc2cc(S(F)(F)(F)(F)F)ccc2O[C@@H]1C(F)(F)F. The first-order valence-electron chi connectivity index (χ1n) is 8.28. The summed E-state index contributed by atoms with van der Waals surface area (Å²) in [6, 6.07) is -0.239. The second-order valence-corrected chi connectivity index (χ2v) is 8.80. The summed E-state index contributed by atoms with van der Waals surface area (Å²) in [5.41, 5.74) is -2.53. The largest absolute Gasteiger partial charge is 0.475 e. The molecule has 1 aliphatic heterocycles. The van der Waals surface area contributed by atoms with Gasteiger partial charge in [0.05, 0.1) is 5.57 Å². The van der Waals surface area contributed by atoms with E-state index in [9.17, 15) is 52.4 Å². The summed E-state index contributed by atoms with van der Waals surface area (Å²) in [6.07, 6.45) is -10.4. The van der Waals surface area contributed by atoms with Crippen LogP contribution in [0.1, 0.15) is 5.56 Å². The van der Waals surface area contributed by atoms with Crippen LogP contribution in [0.25, 0.3) is 6.08 Å². The summed E-state index contributed by atoms with van der Waals surface area (Å²) < 4.78 is 114. The summed E-state index contributed by atoms with van der Waals surface area (Å²) in [6.45, 7) is -2.41. The zero-order valence-electron chi connectivity index (χ0n) is 15.9. The molecule has 11 nitrogen and oxygen atoms in total. The van der Waals surface area contributed by atoms with Crippen LogP contribution in [-0.4, -0.2) is 52.9 Å². The minimum Gasteiger partial charge on any atom is -0.475 e. The third-order valence-corrected chi connectivity index (χ3v) is 4.95. The first-order chi connectivity index (χ1) is 15.2. The lowest BCUT2D eigenvalue weighted by Gasteiger charge is -2.41. The highest BCUT2D eigenvalue weighted by molar-refractivity contribution is 8.45. The van der Waals surface area contributed by atoms with Gasteiger partial charge in [-0.25, -0.2) is 10.0 Å². The number of alkyl halides is 3. The van der Waals surface area contributed by atoms with Crippen LogP contribution in [0.5, 0.6) is 5.75 Å². The maximum atomic E-state index is 13.4. The molecule has 0 radical (unpaired) electrons. The number of ether oxygens (including phenoxy) is 2. The van der Waals surface area contributed by atoms with Crippen molar-refractivity contribution in [2.24, 2.45) is 0 Å². The van der Waals surface area contributed by atoms with E-state index in [-0.39, 0.29) is 24.3 Å². The van der Waals surface area contributed by atoms with Gasteiger partial charge in [0.15, 0.2) is 6.10 Å². The Morgan fingerprint density at radius 2 is 1.74 bits per heavy atom. The molecule has 0 bridgehead atoms. The van der Waals surface area contributed by atoms with Crippen molar-refractivity contribution in [3.8, 4) is 5.75 Å². The van der Waals surface area contributed by atoms with Crippen LogP contribution in [0.15, 0.2) is 28.7 Å². The Bertz CT molecular complexity index is 1030. The van der Waals surface area contributed by atoms with Gasteiger partial charge in [-0.15, -0.1) is 10.1 Å². The molecule has 0 aromatic heterocycles. The number of fused-ring (bicyclic) bond motifs is 1. The molecular weight excluding hydrogens is 524 g/mol. The second-order valence-electron chi connectivity index (χ2n) is 6.39. The number of hydrogen-bond acceptors (Lipinski definition) is 8. The Hall–Kier alpha value is -3.58. The molecule has 1 unspecified atom stereocenters. The lowest BCUT2D eigenvalue weighted by Crippen LogP contribution is -2.42. The number of halogens is 8. The number of carbonyl (C=O) groups excluding carboxylic acids is 1. The summed E-state index contributed by atoms with van der Waals surface area (Å²) >= 11 is 0. The van der Waals surface area contributed by atoms with Gasteiger partial charge >= 0.3 is 27.5 Å². The van der Waals surface area contributed by atoms with E-state index in [2.05, 4.69) is 19.1 Å². The third kappa shape index (κ3) is 6.96. The Morgan fingerprint density at radius 3 is 2.24 bits per heavy atom. The molecule has 1 aliphatic rings. The number of benzene rings is 1. The van der Waals surface area contributed by atoms with Crippen molar-refractivity contribution >= 4 is 22.3 Å². The average molecular weight is 535 g/mol. The minimum atomic E-state index is -10.3. The van der Waals surface area contributed by atoms with Gasteiger partial charge in [-0.2, -0.15) is 18.0 Å². The van der Waals surface area contributed by atoms with Gasteiger partial charge in [0.1, 0.15) is 22.2 Å². The predicted octanol–water partition coefficient (Wildman–Crippen LogP) is 4.27. The van der Waals surface area contributed by atoms with Crippen LogP contribution >= 0.6 is 10.2 Å². The van der Waals surface area contributed by atoms with Gasteiger partial charge in [-0.1, -0.05) is 19.4 Å². The van der Waals surface area contributed by atoms with Crippen LogP contribution in [0.2, 0.25) is 0 Å². The lowest BCUT2D eigenvalue weighted by atomic mass is 10.0. The van der Waals surface area contributed by atoms with Crippen molar-refractivity contribution in [1.29, 1.82) is 0 Å². The molecule has 1 N–H and O–H groups in total. The molecule has 34 heavy (non-hydrogen) atoms. The summed E-state index contributed by atoms with van der Waals surface area (Å²) in [4.78, 5) is 38.2. The molecule has 0 aliphatic carbocycles. The van der Waals surface area contributed by atoms with Crippen LogP contribution in [0.3, 0.4) is 0 Å². The molecule has 1 aromatic carbocycles. The van der Waals surface area contributed by atoms with E-state index in [1.807, 2.05) is 0 Å². The van der Waals surface area contributed by atoms with Gasteiger partial charge in [0.25, 0.3) is 5.09 Å². The lowest BCUT2D eigenvalue weighted by molar-refractivity contribution is -0.976. The maximum Gasteiger partial charge on any atom is 0.475 e. The second kappa shape index (κ2) is 8.02. The monoisotopic (exact) mass is 535 g/mol. The van der Waals surface area contributed by atoms with E-state index in [4.69, 9.17) is 5.21 Å². The molecule has 0 saturated heterocycles. The topological polar surface area (TPSA) is 137 Å². The van der Waals surface area contributed by atoms with Gasteiger partial charge in [0, 0.05) is 5.56 Å².